The maximum absolute atomic E-state index is 5.64. The third-order valence-corrected chi connectivity index (χ3v) is 3.76. The number of halogens is 1. The lowest BCUT2D eigenvalue weighted by molar-refractivity contribution is 0.311. The fourth-order valence-electron chi connectivity index (χ4n) is 2.44. The molecule has 7 nitrogen and oxygen atoms in total. The van der Waals surface area contributed by atoms with Crippen molar-refractivity contribution in [2.24, 2.45) is 4.99 Å². The lowest BCUT2D eigenvalue weighted by Gasteiger charge is -2.15. The van der Waals surface area contributed by atoms with Crippen LogP contribution in [0, 0.1) is 0 Å². The Morgan fingerprint density at radius 2 is 1.93 bits per heavy atom. The van der Waals surface area contributed by atoms with Gasteiger partial charge >= 0.3 is 0 Å². The Hall–Kier alpha value is -2.23. The van der Waals surface area contributed by atoms with Crippen molar-refractivity contribution in [3.8, 4) is 11.5 Å². The zero-order valence-corrected chi connectivity index (χ0v) is 19.5. The lowest BCUT2D eigenvalue weighted by Crippen LogP contribution is -2.30. The second-order valence-electron chi connectivity index (χ2n) is 6.04. The molecule has 0 radical (unpaired) electrons. The average Bonchev–Trinajstić information content (AvgIpc) is 2.67. The van der Waals surface area contributed by atoms with Crippen LogP contribution in [0.15, 0.2) is 41.5 Å². The number of aromatic nitrogens is 1. The zero-order valence-electron chi connectivity index (χ0n) is 17.2. The molecule has 1 aromatic heterocycles. The van der Waals surface area contributed by atoms with Gasteiger partial charge in [-0.2, -0.15) is 0 Å². The SMILES string of the molecule is CCNC(=NCc1ccnc(N(C)C)c1)Nc1ccc(OC)c(OCC)c1.I. The molecule has 0 amide bonds. The minimum absolute atomic E-state index is 0. The minimum Gasteiger partial charge on any atom is -0.493 e. The van der Waals surface area contributed by atoms with E-state index in [0.29, 0.717) is 30.6 Å². The molecule has 28 heavy (non-hydrogen) atoms. The Labute approximate surface area is 184 Å². The molecule has 0 unspecified atom stereocenters. The number of hydrogen-bond donors (Lipinski definition) is 2. The molecule has 0 saturated carbocycles. The molecule has 2 rings (SSSR count). The van der Waals surface area contributed by atoms with Gasteiger partial charge in [-0.15, -0.1) is 24.0 Å². The zero-order chi connectivity index (χ0) is 19.6. The predicted octanol–water partition coefficient (Wildman–Crippen LogP) is 3.75. The van der Waals surface area contributed by atoms with Crippen molar-refractivity contribution in [3.63, 3.8) is 0 Å². The summed E-state index contributed by atoms with van der Waals surface area (Å²) < 4.78 is 11.0. The van der Waals surface area contributed by atoms with Crippen molar-refractivity contribution in [1.82, 2.24) is 10.3 Å². The van der Waals surface area contributed by atoms with Crippen LogP contribution < -0.4 is 25.0 Å². The van der Waals surface area contributed by atoms with E-state index in [1.54, 1.807) is 13.3 Å². The molecule has 8 heteroatoms. The van der Waals surface area contributed by atoms with Gasteiger partial charge in [0.05, 0.1) is 20.3 Å². The fourth-order valence-corrected chi connectivity index (χ4v) is 2.44. The normalized spacial score (nSPS) is 10.7. The molecule has 1 aromatic carbocycles. The number of guanidine groups is 1. The number of nitrogens with zero attached hydrogens (tertiary/aromatic N) is 3. The van der Waals surface area contributed by atoms with E-state index in [1.807, 2.05) is 63.2 Å². The molecular formula is C20H30IN5O2. The highest BCUT2D eigenvalue weighted by Crippen LogP contribution is 2.30. The Bertz CT molecular complexity index is 768. The van der Waals surface area contributed by atoms with Crippen molar-refractivity contribution in [3.05, 3.63) is 42.1 Å². The first-order valence-corrected chi connectivity index (χ1v) is 9.05. The highest BCUT2D eigenvalue weighted by molar-refractivity contribution is 14.0. The highest BCUT2D eigenvalue weighted by atomic mass is 127. The van der Waals surface area contributed by atoms with E-state index in [2.05, 4.69) is 20.6 Å². The summed E-state index contributed by atoms with van der Waals surface area (Å²) in [5.74, 6) is 3.02. The Kier molecular flexibility index (Phi) is 10.4. The molecule has 0 aliphatic rings. The van der Waals surface area contributed by atoms with Gasteiger partial charge in [0.15, 0.2) is 17.5 Å². The van der Waals surface area contributed by atoms with Gasteiger partial charge in [-0.1, -0.05) is 0 Å². The third kappa shape index (κ3) is 7.06. The first-order chi connectivity index (χ1) is 13.1. The van der Waals surface area contributed by atoms with Crippen LogP contribution in [0.3, 0.4) is 0 Å². The van der Waals surface area contributed by atoms with Gasteiger partial charge < -0.3 is 25.0 Å². The van der Waals surface area contributed by atoms with Gasteiger partial charge in [-0.3, -0.25) is 0 Å². The van der Waals surface area contributed by atoms with Gasteiger partial charge in [0, 0.05) is 38.6 Å². The number of ether oxygens (including phenoxy) is 2. The van der Waals surface area contributed by atoms with E-state index in [9.17, 15) is 0 Å². The summed E-state index contributed by atoms with van der Waals surface area (Å²) in [6.07, 6.45) is 1.80. The molecule has 0 atom stereocenters. The molecule has 0 aliphatic carbocycles. The summed E-state index contributed by atoms with van der Waals surface area (Å²) in [4.78, 5) is 11.0. The van der Waals surface area contributed by atoms with Crippen LogP contribution in [0.2, 0.25) is 0 Å². The predicted molar refractivity (Wildman–Crippen MR) is 127 cm³/mol. The standard InChI is InChI=1S/C20H29N5O2.HI/c1-6-21-20(23-14-15-10-11-22-19(12-15)25(3)4)24-16-8-9-17(26-5)18(13-16)27-7-2;/h8-13H,6-7,14H2,1-5H3,(H2,21,23,24);1H. The topological polar surface area (TPSA) is 71.0 Å². The van der Waals surface area contributed by atoms with Gasteiger partial charge in [0.25, 0.3) is 0 Å². The number of aliphatic imine (C=N–C) groups is 1. The van der Waals surface area contributed by atoms with Crippen molar-refractivity contribution in [1.29, 1.82) is 0 Å². The quantitative estimate of drug-likeness (QED) is 0.328. The summed E-state index contributed by atoms with van der Waals surface area (Å²) in [5.41, 5.74) is 1.97. The first kappa shape index (κ1) is 23.8. The van der Waals surface area contributed by atoms with Crippen LogP contribution >= 0.6 is 24.0 Å². The monoisotopic (exact) mass is 499 g/mol. The number of nitrogens with one attached hydrogen (secondary N) is 2. The van der Waals surface area contributed by atoms with E-state index in [-0.39, 0.29) is 24.0 Å². The average molecular weight is 499 g/mol. The van der Waals surface area contributed by atoms with Crippen molar-refractivity contribution in [2.75, 3.05) is 44.6 Å². The van der Waals surface area contributed by atoms with Crippen LogP contribution in [0.25, 0.3) is 0 Å². The largest absolute Gasteiger partial charge is 0.493 e. The molecule has 0 bridgehead atoms. The first-order valence-electron chi connectivity index (χ1n) is 9.05. The van der Waals surface area contributed by atoms with E-state index in [4.69, 9.17) is 9.47 Å². The van der Waals surface area contributed by atoms with Crippen LogP contribution in [0.1, 0.15) is 19.4 Å². The van der Waals surface area contributed by atoms with Gasteiger partial charge in [-0.05, 0) is 43.7 Å². The molecule has 0 aliphatic heterocycles. The summed E-state index contributed by atoms with van der Waals surface area (Å²) in [7, 11) is 5.58. The molecule has 0 fully saturated rings. The van der Waals surface area contributed by atoms with E-state index < -0.39 is 0 Å². The maximum Gasteiger partial charge on any atom is 0.196 e. The number of rotatable bonds is 8. The summed E-state index contributed by atoms with van der Waals surface area (Å²) in [6, 6.07) is 9.73. The van der Waals surface area contributed by atoms with Crippen LogP contribution in [0.5, 0.6) is 11.5 Å². The van der Waals surface area contributed by atoms with Crippen LogP contribution in [0.4, 0.5) is 11.5 Å². The molecule has 0 spiro atoms. The summed E-state index contributed by atoms with van der Waals surface area (Å²) >= 11 is 0. The minimum atomic E-state index is 0. The van der Waals surface area contributed by atoms with E-state index in [1.165, 1.54) is 0 Å². The lowest BCUT2D eigenvalue weighted by atomic mass is 10.2. The molecule has 2 aromatic rings. The van der Waals surface area contributed by atoms with Gasteiger partial charge in [-0.25, -0.2) is 9.98 Å². The van der Waals surface area contributed by atoms with Crippen LogP contribution in [-0.4, -0.2) is 45.3 Å². The maximum atomic E-state index is 5.64. The van der Waals surface area contributed by atoms with Crippen molar-refractivity contribution < 1.29 is 9.47 Å². The second-order valence-corrected chi connectivity index (χ2v) is 6.04. The third-order valence-electron chi connectivity index (χ3n) is 3.76. The Balaban J connectivity index is 0.00000392. The number of methoxy groups -OCH3 is 1. The number of anilines is 2. The van der Waals surface area contributed by atoms with E-state index >= 15 is 0 Å². The van der Waals surface area contributed by atoms with Crippen molar-refractivity contribution in [2.45, 2.75) is 20.4 Å². The smallest absolute Gasteiger partial charge is 0.196 e. The van der Waals surface area contributed by atoms with Gasteiger partial charge in [0.2, 0.25) is 0 Å². The summed E-state index contributed by atoms with van der Waals surface area (Å²) in [5, 5.41) is 6.57. The molecule has 0 saturated heterocycles. The molecule has 1 heterocycles. The highest BCUT2D eigenvalue weighted by Gasteiger charge is 2.07. The molecule has 2 N–H and O–H groups in total. The van der Waals surface area contributed by atoms with Crippen molar-refractivity contribution >= 4 is 41.4 Å². The Morgan fingerprint density at radius 3 is 2.57 bits per heavy atom. The summed E-state index contributed by atoms with van der Waals surface area (Å²) in [6.45, 7) is 5.87. The second kappa shape index (κ2) is 12.3. The fraction of sp³-hybridized carbons (Fsp3) is 0.400. The number of hydrogen-bond acceptors (Lipinski definition) is 5. The van der Waals surface area contributed by atoms with E-state index in [0.717, 1.165) is 23.6 Å². The number of pyridine rings is 1. The molecular weight excluding hydrogens is 469 g/mol. The Morgan fingerprint density at radius 1 is 1.14 bits per heavy atom. The molecule has 154 valence electrons. The number of benzene rings is 1. The van der Waals surface area contributed by atoms with Crippen LogP contribution in [-0.2, 0) is 6.54 Å². The van der Waals surface area contributed by atoms with Gasteiger partial charge in [0.1, 0.15) is 5.82 Å².